The highest BCUT2D eigenvalue weighted by atomic mass is 35.5. The van der Waals surface area contributed by atoms with E-state index in [-0.39, 0.29) is 5.78 Å². The number of carbonyl (C=O) groups excluding carboxylic acids is 1. The molecule has 0 bridgehead atoms. The van der Waals surface area contributed by atoms with Gasteiger partial charge in [0.15, 0.2) is 5.78 Å². The summed E-state index contributed by atoms with van der Waals surface area (Å²) in [5, 5.41) is 2.06. The fourth-order valence-corrected chi connectivity index (χ4v) is 2.59. The van der Waals surface area contributed by atoms with E-state index in [4.69, 9.17) is 23.2 Å². The van der Waals surface area contributed by atoms with Crippen molar-refractivity contribution in [2.24, 2.45) is 0 Å². The first kappa shape index (κ1) is 10.8. The average molecular weight is 263 g/mol. The molecule has 2 aromatic carbocycles. The summed E-state index contributed by atoms with van der Waals surface area (Å²) in [7, 11) is 0. The van der Waals surface area contributed by atoms with E-state index >= 15 is 0 Å². The first-order valence-corrected chi connectivity index (χ1v) is 6.06. The van der Waals surface area contributed by atoms with Crippen LogP contribution in [0.5, 0.6) is 0 Å². The summed E-state index contributed by atoms with van der Waals surface area (Å²) >= 11 is 12.2. The molecule has 0 fully saturated rings. The van der Waals surface area contributed by atoms with Crippen molar-refractivity contribution in [3.63, 3.8) is 0 Å². The van der Waals surface area contributed by atoms with Gasteiger partial charge in [-0.1, -0.05) is 29.8 Å². The molecule has 0 aromatic heterocycles. The molecule has 2 aromatic rings. The Morgan fingerprint density at radius 1 is 1.12 bits per heavy atom. The minimum atomic E-state index is -0.601. The van der Waals surface area contributed by atoms with Crippen molar-refractivity contribution >= 4 is 45.8 Å². The summed E-state index contributed by atoms with van der Waals surface area (Å²) in [4.78, 5) is 11.5. The fourth-order valence-electron chi connectivity index (χ4n) is 2.10. The number of hydrogen-bond donors (Lipinski definition) is 0. The SMILES string of the molecule is O=C1C=Cc2cc3cccc(Cl)c3cc2C1Cl. The number of carbonyl (C=O) groups is 1. The monoisotopic (exact) mass is 262 g/mol. The molecule has 3 rings (SSSR count). The number of allylic oxidation sites excluding steroid dienone is 1. The highest BCUT2D eigenvalue weighted by Crippen LogP contribution is 2.35. The van der Waals surface area contributed by atoms with Crippen molar-refractivity contribution in [3.8, 4) is 0 Å². The lowest BCUT2D eigenvalue weighted by molar-refractivity contribution is -0.114. The van der Waals surface area contributed by atoms with Gasteiger partial charge in [-0.15, -0.1) is 11.6 Å². The number of ketones is 1. The van der Waals surface area contributed by atoms with E-state index in [2.05, 4.69) is 0 Å². The molecule has 0 saturated carbocycles. The maximum absolute atomic E-state index is 11.5. The third-order valence-electron chi connectivity index (χ3n) is 2.98. The van der Waals surface area contributed by atoms with Gasteiger partial charge in [-0.3, -0.25) is 4.79 Å². The molecule has 0 saturated heterocycles. The lowest BCUT2D eigenvalue weighted by Crippen LogP contribution is -2.09. The third kappa shape index (κ3) is 1.67. The van der Waals surface area contributed by atoms with Gasteiger partial charge in [-0.2, -0.15) is 0 Å². The van der Waals surface area contributed by atoms with Gasteiger partial charge in [0.1, 0.15) is 5.38 Å². The molecule has 1 aliphatic rings. The van der Waals surface area contributed by atoms with Gasteiger partial charge >= 0.3 is 0 Å². The van der Waals surface area contributed by atoms with Crippen LogP contribution in [0.15, 0.2) is 36.4 Å². The normalized spacial score (nSPS) is 18.5. The predicted molar refractivity (Wildman–Crippen MR) is 71.6 cm³/mol. The van der Waals surface area contributed by atoms with Crippen LogP contribution in [0.2, 0.25) is 5.02 Å². The van der Waals surface area contributed by atoms with Gasteiger partial charge in [0.05, 0.1) is 0 Å². The zero-order valence-electron chi connectivity index (χ0n) is 8.78. The molecule has 0 amide bonds. The van der Waals surface area contributed by atoms with Crippen LogP contribution in [0.4, 0.5) is 0 Å². The molecule has 1 nitrogen and oxygen atoms in total. The minimum Gasteiger partial charge on any atom is -0.293 e. The summed E-state index contributed by atoms with van der Waals surface area (Å²) in [6, 6.07) is 9.66. The van der Waals surface area contributed by atoms with Crippen molar-refractivity contribution in [2.45, 2.75) is 5.38 Å². The van der Waals surface area contributed by atoms with Crippen molar-refractivity contribution in [3.05, 3.63) is 52.6 Å². The summed E-state index contributed by atoms with van der Waals surface area (Å²) < 4.78 is 0. The number of halogens is 2. The molecule has 0 N–H and O–H groups in total. The van der Waals surface area contributed by atoms with Gasteiger partial charge in [0.25, 0.3) is 0 Å². The number of alkyl halides is 1. The lowest BCUT2D eigenvalue weighted by atomic mass is 9.93. The maximum atomic E-state index is 11.5. The summed E-state index contributed by atoms with van der Waals surface area (Å²) in [6.07, 6.45) is 3.33. The van der Waals surface area contributed by atoms with Crippen LogP contribution in [0, 0.1) is 0 Å². The van der Waals surface area contributed by atoms with E-state index < -0.39 is 5.38 Å². The number of hydrogen-bond acceptors (Lipinski definition) is 1. The molecule has 0 spiro atoms. The third-order valence-corrected chi connectivity index (χ3v) is 3.76. The maximum Gasteiger partial charge on any atom is 0.178 e. The van der Waals surface area contributed by atoms with E-state index in [1.807, 2.05) is 30.3 Å². The van der Waals surface area contributed by atoms with Gasteiger partial charge in [0, 0.05) is 10.4 Å². The van der Waals surface area contributed by atoms with Crippen molar-refractivity contribution in [2.75, 3.05) is 0 Å². The topological polar surface area (TPSA) is 17.1 Å². The molecule has 84 valence electrons. The van der Waals surface area contributed by atoms with E-state index in [0.29, 0.717) is 5.02 Å². The molecule has 3 heteroatoms. The zero-order chi connectivity index (χ0) is 12.0. The van der Waals surface area contributed by atoms with Crippen LogP contribution in [0.25, 0.3) is 16.8 Å². The fraction of sp³-hybridized carbons (Fsp3) is 0.0714. The second kappa shape index (κ2) is 3.86. The zero-order valence-corrected chi connectivity index (χ0v) is 10.3. The second-order valence-corrected chi connectivity index (χ2v) is 4.88. The van der Waals surface area contributed by atoms with Crippen LogP contribution < -0.4 is 0 Å². The van der Waals surface area contributed by atoms with Crippen LogP contribution in [-0.2, 0) is 4.79 Å². The van der Waals surface area contributed by atoms with Gasteiger partial charge in [-0.25, -0.2) is 0 Å². The molecule has 1 unspecified atom stereocenters. The first-order chi connectivity index (χ1) is 8.16. The van der Waals surface area contributed by atoms with Crippen LogP contribution in [0.3, 0.4) is 0 Å². The largest absolute Gasteiger partial charge is 0.293 e. The Balaban J connectivity index is 2.36. The van der Waals surface area contributed by atoms with E-state index in [1.54, 1.807) is 6.08 Å². The summed E-state index contributed by atoms with van der Waals surface area (Å²) in [5.41, 5.74) is 1.82. The van der Waals surface area contributed by atoms with Gasteiger partial charge < -0.3 is 0 Å². The standard InChI is InChI=1S/C14H8Cl2O/c15-12-3-1-2-8-6-9-4-5-13(17)14(16)11(9)7-10(8)12/h1-7,14H. The molecular weight excluding hydrogens is 255 g/mol. The molecule has 17 heavy (non-hydrogen) atoms. The van der Waals surface area contributed by atoms with Crippen LogP contribution >= 0.6 is 23.2 Å². The highest BCUT2D eigenvalue weighted by Gasteiger charge is 2.22. The number of benzene rings is 2. The summed E-state index contributed by atoms with van der Waals surface area (Å²) in [6.45, 7) is 0. The smallest absolute Gasteiger partial charge is 0.178 e. The Bertz CT molecular complexity index is 659. The highest BCUT2D eigenvalue weighted by molar-refractivity contribution is 6.36. The molecular formula is C14H8Cl2O. The molecule has 0 heterocycles. The number of fused-ring (bicyclic) bond motifs is 2. The molecule has 1 aliphatic carbocycles. The minimum absolute atomic E-state index is 0.0782. The van der Waals surface area contributed by atoms with Crippen LogP contribution in [0.1, 0.15) is 16.5 Å². The van der Waals surface area contributed by atoms with Gasteiger partial charge in [-0.05, 0) is 40.8 Å². The quantitative estimate of drug-likeness (QED) is 0.645. The van der Waals surface area contributed by atoms with Crippen molar-refractivity contribution in [1.29, 1.82) is 0 Å². The molecule has 0 aliphatic heterocycles. The van der Waals surface area contributed by atoms with E-state index in [9.17, 15) is 4.79 Å². The molecule has 1 atom stereocenters. The van der Waals surface area contributed by atoms with Crippen molar-refractivity contribution in [1.82, 2.24) is 0 Å². The van der Waals surface area contributed by atoms with Crippen molar-refractivity contribution < 1.29 is 4.79 Å². The Kier molecular flexibility index (Phi) is 2.46. The average Bonchev–Trinajstić information content (AvgIpc) is 2.33. The van der Waals surface area contributed by atoms with Gasteiger partial charge in [0.2, 0.25) is 0 Å². The summed E-state index contributed by atoms with van der Waals surface area (Å²) in [5.74, 6) is -0.0782. The second-order valence-electron chi connectivity index (χ2n) is 4.04. The first-order valence-electron chi connectivity index (χ1n) is 5.25. The van der Waals surface area contributed by atoms with E-state index in [0.717, 1.165) is 21.9 Å². The van der Waals surface area contributed by atoms with Crippen LogP contribution in [-0.4, -0.2) is 5.78 Å². The Morgan fingerprint density at radius 2 is 1.94 bits per heavy atom. The van der Waals surface area contributed by atoms with E-state index in [1.165, 1.54) is 6.08 Å². The number of rotatable bonds is 0. The Morgan fingerprint density at radius 3 is 2.76 bits per heavy atom. The Hall–Kier alpha value is -1.31. The molecule has 0 radical (unpaired) electrons. The Labute approximate surface area is 109 Å². The predicted octanol–water partition coefficient (Wildman–Crippen LogP) is 4.37. The lowest BCUT2D eigenvalue weighted by Gasteiger charge is -2.16.